The summed E-state index contributed by atoms with van der Waals surface area (Å²) in [4.78, 5) is 0. The standard InChI is InChI=1S/C11H23N/c1-11(2,3)8-9-6-4-5-7-10(9)12/h9-10H,4-8,12H2,1-3H3/t9-,10-/m1/s1. The van der Waals surface area contributed by atoms with Crippen LogP contribution in [0.1, 0.15) is 52.9 Å². The summed E-state index contributed by atoms with van der Waals surface area (Å²) < 4.78 is 0. The third-order valence-electron chi connectivity index (χ3n) is 2.84. The van der Waals surface area contributed by atoms with Crippen LogP contribution in [0.15, 0.2) is 0 Å². The van der Waals surface area contributed by atoms with Crippen LogP contribution in [-0.2, 0) is 0 Å². The normalized spacial score (nSPS) is 32.0. The first-order chi connectivity index (χ1) is 5.49. The molecule has 1 saturated carbocycles. The lowest BCUT2D eigenvalue weighted by Crippen LogP contribution is -2.35. The molecule has 0 aromatic carbocycles. The van der Waals surface area contributed by atoms with Crippen molar-refractivity contribution >= 4 is 0 Å². The Morgan fingerprint density at radius 3 is 2.25 bits per heavy atom. The van der Waals surface area contributed by atoms with E-state index in [1.807, 2.05) is 0 Å². The molecular formula is C11H23N. The van der Waals surface area contributed by atoms with Gasteiger partial charge in [-0.1, -0.05) is 33.6 Å². The molecule has 0 amide bonds. The minimum absolute atomic E-state index is 0.458. The van der Waals surface area contributed by atoms with Crippen LogP contribution in [0.5, 0.6) is 0 Å². The molecule has 1 heteroatoms. The SMILES string of the molecule is CC(C)(C)C[C@H]1CCCC[C@H]1N. The van der Waals surface area contributed by atoms with E-state index in [4.69, 9.17) is 5.73 Å². The highest BCUT2D eigenvalue weighted by molar-refractivity contribution is 4.81. The Hall–Kier alpha value is -0.0400. The molecule has 0 unspecified atom stereocenters. The third-order valence-corrected chi connectivity index (χ3v) is 2.84. The molecule has 0 heterocycles. The Labute approximate surface area is 76.7 Å². The fourth-order valence-electron chi connectivity index (χ4n) is 2.28. The summed E-state index contributed by atoms with van der Waals surface area (Å²) in [7, 11) is 0. The zero-order chi connectivity index (χ0) is 9.19. The van der Waals surface area contributed by atoms with Crippen molar-refractivity contribution in [3.8, 4) is 0 Å². The first-order valence-electron chi connectivity index (χ1n) is 5.24. The molecule has 12 heavy (non-hydrogen) atoms. The monoisotopic (exact) mass is 169 g/mol. The summed E-state index contributed by atoms with van der Waals surface area (Å²) in [6.07, 6.45) is 6.66. The fraction of sp³-hybridized carbons (Fsp3) is 1.00. The lowest BCUT2D eigenvalue weighted by molar-refractivity contribution is 0.213. The van der Waals surface area contributed by atoms with E-state index in [1.165, 1.54) is 32.1 Å². The number of hydrogen-bond acceptors (Lipinski definition) is 1. The van der Waals surface area contributed by atoms with Gasteiger partial charge >= 0.3 is 0 Å². The van der Waals surface area contributed by atoms with Crippen molar-refractivity contribution in [2.75, 3.05) is 0 Å². The zero-order valence-electron chi connectivity index (χ0n) is 8.77. The molecule has 1 aliphatic carbocycles. The van der Waals surface area contributed by atoms with Crippen LogP contribution < -0.4 is 5.73 Å². The maximum Gasteiger partial charge on any atom is 0.00673 e. The molecule has 0 aliphatic heterocycles. The molecule has 1 rings (SSSR count). The number of nitrogens with two attached hydrogens (primary N) is 1. The highest BCUT2D eigenvalue weighted by Gasteiger charge is 2.25. The van der Waals surface area contributed by atoms with Crippen molar-refractivity contribution in [3.05, 3.63) is 0 Å². The quantitative estimate of drug-likeness (QED) is 0.641. The van der Waals surface area contributed by atoms with Gasteiger partial charge in [-0.15, -0.1) is 0 Å². The molecule has 0 saturated heterocycles. The molecule has 72 valence electrons. The Morgan fingerprint density at radius 2 is 1.75 bits per heavy atom. The van der Waals surface area contributed by atoms with Gasteiger partial charge in [-0.3, -0.25) is 0 Å². The molecule has 1 aliphatic rings. The lowest BCUT2D eigenvalue weighted by atomic mass is 9.75. The summed E-state index contributed by atoms with van der Waals surface area (Å²) in [6.45, 7) is 6.94. The van der Waals surface area contributed by atoms with Crippen molar-refractivity contribution < 1.29 is 0 Å². The van der Waals surface area contributed by atoms with Crippen molar-refractivity contribution in [1.82, 2.24) is 0 Å². The van der Waals surface area contributed by atoms with Crippen molar-refractivity contribution in [2.45, 2.75) is 58.9 Å². The van der Waals surface area contributed by atoms with Gasteiger partial charge in [0.15, 0.2) is 0 Å². The predicted octanol–water partition coefficient (Wildman–Crippen LogP) is 2.94. The summed E-state index contributed by atoms with van der Waals surface area (Å²) >= 11 is 0. The molecule has 2 N–H and O–H groups in total. The molecule has 0 aromatic heterocycles. The van der Waals surface area contributed by atoms with Crippen LogP contribution in [0, 0.1) is 11.3 Å². The molecule has 1 fully saturated rings. The summed E-state index contributed by atoms with van der Waals surface area (Å²) in [6, 6.07) is 0.484. The third kappa shape index (κ3) is 3.14. The van der Waals surface area contributed by atoms with Gasteiger partial charge in [-0.05, 0) is 30.6 Å². The Bertz CT molecular complexity index is 134. The second-order valence-corrected chi connectivity index (χ2v) is 5.47. The molecule has 0 radical (unpaired) electrons. The highest BCUT2D eigenvalue weighted by Crippen LogP contribution is 2.33. The van der Waals surface area contributed by atoms with Gasteiger partial charge in [0.1, 0.15) is 0 Å². The fourth-order valence-corrected chi connectivity index (χ4v) is 2.28. The average molecular weight is 169 g/mol. The van der Waals surface area contributed by atoms with Crippen LogP contribution in [0.25, 0.3) is 0 Å². The van der Waals surface area contributed by atoms with Gasteiger partial charge in [-0.2, -0.15) is 0 Å². The zero-order valence-corrected chi connectivity index (χ0v) is 8.77. The van der Waals surface area contributed by atoms with E-state index in [1.54, 1.807) is 0 Å². The van der Waals surface area contributed by atoms with Gasteiger partial charge in [0.25, 0.3) is 0 Å². The molecule has 2 atom stereocenters. The average Bonchev–Trinajstić information content (AvgIpc) is 1.91. The van der Waals surface area contributed by atoms with E-state index >= 15 is 0 Å². The Kier molecular flexibility index (Phi) is 3.16. The molecule has 0 aromatic rings. The molecule has 0 spiro atoms. The van der Waals surface area contributed by atoms with E-state index < -0.39 is 0 Å². The van der Waals surface area contributed by atoms with Crippen LogP contribution >= 0.6 is 0 Å². The highest BCUT2D eigenvalue weighted by atomic mass is 14.7. The van der Waals surface area contributed by atoms with E-state index in [0.717, 1.165) is 5.92 Å². The van der Waals surface area contributed by atoms with Crippen LogP contribution in [0.3, 0.4) is 0 Å². The maximum atomic E-state index is 6.09. The smallest absolute Gasteiger partial charge is 0.00673 e. The van der Waals surface area contributed by atoms with E-state index in [9.17, 15) is 0 Å². The molecular weight excluding hydrogens is 146 g/mol. The first-order valence-corrected chi connectivity index (χ1v) is 5.24. The second-order valence-electron chi connectivity index (χ2n) is 5.47. The minimum Gasteiger partial charge on any atom is -0.327 e. The van der Waals surface area contributed by atoms with Gasteiger partial charge in [0.2, 0.25) is 0 Å². The van der Waals surface area contributed by atoms with Gasteiger partial charge in [0, 0.05) is 6.04 Å². The second kappa shape index (κ2) is 3.78. The topological polar surface area (TPSA) is 26.0 Å². The molecule has 1 nitrogen and oxygen atoms in total. The minimum atomic E-state index is 0.458. The predicted molar refractivity (Wildman–Crippen MR) is 54.0 cm³/mol. The first kappa shape index (κ1) is 10.0. The summed E-state index contributed by atoms with van der Waals surface area (Å²) in [5.74, 6) is 0.791. The summed E-state index contributed by atoms with van der Waals surface area (Å²) in [5.41, 5.74) is 6.54. The van der Waals surface area contributed by atoms with E-state index in [2.05, 4.69) is 20.8 Å². The largest absolute Gasteiger partial charge is 0.327 e. The van der Waals surface area contributed by atoms with E-state index in [0.29, 0.717) is 11.5 Å². The molecule has 0 bridgehead atoms. The van der Waals surface area contributed by atoms with Crippen molar-refractivity contribution in [1.29, 1.82) is 0 Å². The summed E-state index contributed by atoms with van der Waals surface area (Å²) in [5, 5.41) is 0. The lowest BCUT2D eigenvalue weighted by Gasteiger charge is -2.33. The number of rotatable bonds is 1. The number of hydrogen-bond donors (Lipinski definition) is 1. The Balaban J connectivity index is 2.39. The van der Waals surface area contributed by atoms with Gasteiger partial charge < -0.3 is 5.73 Å². The van der Waals surface area contributed by atoms with Crippen molar-refractivity contribution in [3.63, 3.8) is 0 Å². The Morgan fingerprint density at radius 1 is 1.17 bits per heavy atom. The van der Waals surface area contributed by atoms with Gasteiger partial charge in [0.05, 0.1) is 0 Å². The van der Waals surface area contributed by atoms with Crippen LogP contribution in [0.2, 0.25) is 0 Å². The van der Waals surface area contributed by atoms with Crippen LogP contribution in [0.4, 0.5) is 0 Å². The van der Waals surface area contributed by atoms with Crippen LogP contribution in [-0.4, -0.2) is 6.04 Å². The van der Waals surface area contributed by atoms with Gasteiger partial charge in [-0.25, -0.2) is 0 Å². The van der Waals surface area contributed by atoms with E-state index in [-0.39, 0.29) is 0 Å². The van der Waals surface area contributed by atoms with Crippen molar-refractivity contribution in [2.24, 2.45) is 17.1 Å². The maximum absolute atomic E-state index is 6.09.